The van der Waals surface area contributed by atoms with E-state index in [1.165, 1.54) is 6.42 Å². The Morgan fingerprint density at radius 2 is 2.25 bits per heavy atom. The lowest BCUT2D eigenvalue weighted by molar-refractivity contribution is 0.236. The molecular formula is C5H12ClNO. The minimum absolute atomic E-state index is 0. The van der Waals surface area contributed by atoms with Gasteiger partial charge in [0.15, 0.2) is 0 Å². The smallest absolute Gasteiger partial charge is 0.0445 e. The first kappa shape index (κ1) is 8.21. The molecule has 0 aliphatic carbocycles. The maximum atomic E-state index is 8.36. The number of nitrogens with one attached hydrogen (secondary N) is 1. The lowest BCUT2D eigenvalue weighted by Crippen LogP contribution is -2.43. The van der Waals surface area contributed by atoms with Gasteiger partial charge in [0, 0.05) is 12.6 Å². The minimum Gasteiger partial charge on any atom is -0.396 e. The lowest BCUT2D eigenvalue weighted by Gasteiger charge is -2.26. The normalized spacial score (nSPS) is 25.9. The van der Waals surface area contributed by atoms with Crippen LogP contribution in [0, 0.1) is 0 Å². The molecule has 1 atom stereocenters. The van der Waals surface area contributed by atoms with Gasteiger partial charge in [-0.25, -0.2) is 0 Å². The molecule has 0 aromatic carbocycles. The average molecular weight is 138 g/mol. The van der Waals surface area contributed by atoms with Crippen molar-refractivity contribution in [2.45, 2.75) is 18.9 Å². The first-order valence-corrected chi connectivity index (χ1v) is 2.77. The quantitative estimate of drug-likeness (QED) is 0.568. The van der Waals surface area contributed by atoms with E-state index >= 15 is 0 Å². The molecule has 2 N–H and O–H groups in total. The van der Waals surface area contributed by atoms with E-state index in [0.717, 1.165) is 13.0 Å². The van der Waals surface area contributed by atoms with Crippen molar-refractivity contribution in [3.8, 4) is 0 Å². The summed E-state index contributed by atoms with van der Waals surface area (Å²) in [5.41, 5.74) is 0. The van der Waals surface area contributed by atoms with Gasteiger partial charge >= 0.3 is 0 Å². The summed E-state index contributed by atoms with van der Waals surface area (Å²) in [5, 5.41) is 11.5. The number of rotatable bonds is 2. The molecule has 1 saturated heterocycles. The first-order valence-electron chi connectivity index (χ1n) is 2.77. The summed E-state index contributed by atoms with van der Waals surface area (Å²) in [6, 6.07) is 0.630. The Hall–Kier alpha value is 0.210. The Kier molecular flexibility index (Phi) is 4.23. The second-order valence-corrected chi connectivity index (χ2v) is 1.95. The predicted molar refractivity (Wildman–Crippen MR) is 35.4 cm³/mol. The van der Waals surface area contributed by atoms with Gasteiger partial charge < -0.3 is 10.4 Å². The fourth-order valence-corrected chi connectivity index (χ4v) is 0.751. The van der Waals surface area contributed by atoms with E-state index in [1.807, 2.05) is 0 Å². The molecule has 0 saturated carbocycles. The van der Waals surface area contributed by atoms with Crippen molar-refractivity contribution in [1.82, 2.24) is 5.32 Å². The summed E-state index contributed by atoms with van der Waals surface area (Å²) < 4.78 is 0. The minimum atomic E-state index is 0. The molecule has 0 radical (unpaired) electrons. The second-order valence-electron chi connectivity index (χ2n) is 1.95. The number of aliphatic hydroxyl groups excluding tert-OH is 1. The van der Waals surface area contributed by atoms with Crippen LogP contribution in [0.5, 0.6) is 0 Å². The molecule has 1 heterocycles. The highest BCUT2D eigenvalue weighted by molar-refractivity contribution is 5.85. The maximum Gasteiger partial charge on any atom is 0.0445 e. The van der Waals surface area contributed by atoms with Crippen molar-refractivity contribution in [2.24, 2.45) is 0 Å². The van der Waals surface area contributed by atoms with Crippen LogP contribution in [0.1, 0.15) is 12.8 Å². The molecule has 1 aliphatic rings. The zero-order valence-corrected chi connectivity index (χ0v) is 5.58. The molecule has 1 fully saturated rings. The highest BCUT2D eigenvalue weighted by Gasteiger charge is 2.13. The van der Waals surface area contributed by atoms with Gasteiger partial charge in [0.25, 0.3) is 0 Å². The number of hydrogen-bond donors (Lipinski definition) is 2. The molecule has 3 heteroatoms. The predicted octanol–water partition coefficient (Wildman–Crippen LogP) is 0.152. The summed E-state index contributed by atoms with van der Waals surface area (Å²) in [4.78, 5) is 0. The van der Waals surface area contributed by atoms with Crippen LogP contribution < -0.4 is 5.32 Å². The van der Waals surface area contributed by atoms with Crippen molar-refractivity contribution in [2.75, 3.05) is 13.2 Å². The van der Waals surface area contributed by atoms with Gasteiger partial charge in [-0.1, -0.05) is 0 Å². The Labute approximate surface area is 55.7 Å². The summed E-state index contributed by atoms with van der Waals surface area (Å²) in [7, 11) is 0. The van der Waals surface area contributed by atoms with Gasteiger partial charge in [-0.2, -0.15) is 0 Å². The monoisotopic (exact) mass is 137 g/mol. The van der Waals surface area contributed by atoms with E-state index in [4.69, 9.17) is 5.11 Å². The van der Waals surface area contributed by atoms with E-state index in [-0.39, 0.29) is 12.4 Å². The van der Waals surface area contributed by atoms with Gasteiger partial charge in [0.05, 0.1) is 0 Å². The Morgan fingerprint density at radius 3 is 2.38 bits per heavy atom. The molecule has 0 aromatic heterocycles. The molecule has 8 heavy (non-hydrogen) atoms. The molecule has 0 amide bonds. The Balaban J connectivity index is 0.000000490. The van der Waals surface area contributed by atoms with Crippen molar-refractivity contribution in [3.05, 3.63) is 0 Å². The fourth-order valence-electron chi connectivity index (χ4n) is 0.751. The van der Waals surface area contributed by atoms with Gasteiger partial charge in [0.1, 0.15) is 0 Å². The molecule has 0 spiro atoms. The van der Waals surface area contributed by atoms with E-state index < -0.39 is 0 Å². The third kappa shape index (κ3) is 1.99. The van der Waals surface area contributed by atoms with Gasteiger partial charge in [-0.05, 0) is 19.4 Å². The third-order valence-electron chi connectivity index (χ3n) is 1.40. The van der Waals surface area contributed by atoms with Crippen LogP contribution in [0.25, 0.3) is 0 Å². The van der Waals surface area contributed by atoms with Crippen molar-refractivity contribution in [3.63, 3.8) is 0 Å². The van der Waals surface area contributed by atoms with Crippen LogP contribution in [0.4, 0.5) is 0 Å². The van der Waals surface area contributed by atoms with Crippen LogP contribution in [0.2, 0.25) is 0 Å². The first-order chi connectivity index (χ1) is 3.43. The van der Waals surface area contributed by atoms with Crippen LogP contribution in [-0.4, -0.2) is 24.3 Å². The van der Waals surface area contributed by atoms with Crippen molar-refractivity contribution >= 4 is 12.4 Å². The van der Waals surface area contributed by atoms with Crippen LogP contribution in [0.15, 0.2) is 0 Å². The molecule has 50 valence electrons. The largest absolute Gasteiger partial charge is 0.396 e. The van der Waals surface area contributed by atoms with Crippen molar-refractivity contribution < 1.29 is 5.11 Å². The molecular weight excluding hydrogens is 126 g/mol. The number of halogens is 1. The summed E-state index contributed by atoms with van der Waals surface area (Å²) in [6.07, 6.45) is 2.18. The number of aliphatic hydroxyl groups is 1. The molecule has 2 nitrogen and oxygen atoms in total. The van der Waals surface area contributed by atoms with E-state index in [9.17, 15) is 0 Å². The third-order valence-corrected chi connectivity index (χ3v) is 1.40. The van der Waals surface area contributed by atoms with E-state index in [2.05, 4.69) is 5.32 Å². The zero-order valence-electron chi connectivity index (χ0n) is 4.76. The molecule has 1 unspecified atom stereocenters. The van der Waals surface area contributed by atoms with Crippen LogP contribution >= 0.6 is 12.4 Å². The SMILES string of the molecule is Cl.OCCC1CCN1. The average Bonchev–Trinajstić information content (AvgIpc) is 1.55. The zero-order chi connectivity index (χ0) is 5.11. The van der Waals surface area contributed by atoms with E-state index in [0.29, 0.717) is 12.6 Å². The number of hydrogen-bond acceptors (Lipinski definition) is 2. The second kappa shape index (κ2) is 4.13. The lowest BCUT2D eigenvalue weighted by atomic mass is 10.1. The molecule has 0 bridgehead atoms. The highest BCUT2D eigenvalue weighted by atomic mass is 35.5. The summed E-state index contributed by atoms with van der Waals surface area (Å²) in [5.74, 6) is 0. The topological polar surface area (TPSA) is 32.3 Å². The molecule has 0 aromatic rings. The molecule has 1 aliphatic heterocycles. The van der Waals surface area contributed by atoms with Gasteiger partial charge in [0.2, 0.25) is 0 Å². The van der Waals surface area contributed by atoms with Crippen molar-refractivity contribution in [1.29, 1.82) is 0 Å². The maximum absolute atomic E-state index is 8.36. The molecule has 1 rings (SSSR count). The Bertz CT molecular complexity index is 56.4. The van der Waals surface area contributed by atoms with Crippen LogP contribution in [-0.2, 0) is 0 Å². The Morgan fingerprint density at radius 1 is 1.62 bits per heavy atom. The van der Waals surface area contributed by atoms with Crippen LogP contribution in [0.3, 0.4) is 0 Å². The standard InChI is InChI=1S/C5H11NO.ClH/c7-4-2-5-1-3-6-5;/h5-7H,1-4H2;1H. The summed E-state index contributed by atoms with van der Waals surface area (Å²) in [6.45, 7) is 1.47. The van der Waals surface area contributed by atoms with Gasteiger partial charge in [-0.15, -0.1) is 12.4 Å². The van der Waals surface area contributed by atoms with Gasteiger partial charge in [-0.3, -0.25) is 0 Å². The highest BCUT2D eigenvalue weighted by Crippen LogP contribution is 2.04. The van der Waals surface area contributed by atoms with E-state index in [1.54, 1.807) is 0 Å². The fraction of sp³-hybridized carbons (Fsp3) is 1.00. The summed E-state index contributed by atoms with van der Waals surface area (Å²) >= 11 is 0.